The SMILES string of the molecule is COCCNC(=O)CCCN1C(=O)COc2ccc(C(=O)COc3ccccc3OC)cc21. The zero-order valence-electron chi connectivity index (χ0n) is 18.8. The number of fused-ring (bicyclic) bond motifs is 1. The van der Waals surface area contributed by atoms with Crippen LogP contribution >= 0.6 is 0 Å². The van der Waals surface area contributed by atoms with Crippen molar-refractivity contribution >= 4 is 23.3 Å². The molecule has 9 nitrogen and oxygen atoms in total. The largest absolute Gasteiger partial charge is 0.493 e. The third-order valence-corrected chi connectivity index (χ3v) is 5.07. The molecule has 0 unspecified atom stereocenters. The van der Waals surface area contributed by atoms with Gasteiger partial charge in [-0.3, -0.25) is 14.4 Å². The maximum absolute atomic E-state index is 12.7. The van der Waals surface area contributed by atoms with Gasteiger partial charge in [-0.2, -0.15) is 0 Å². The van der Waals surface area contributed by atoms with Gasteiger partial charge in [0.1, 0.15) is 5.75 Å². The van der Waals surface area contributed by atoms with Crippen LogP contribution in [0, 0.1) is 0 Å². The Kier molecular flexibility index (Phi) is 8.65. The van der Waals surface area contributed by atoms with E-state index in [4.69, 9.17) is 18.9 Å². The molecular formula is C24H28N2O7. The molecule has 1 N–H and O–H groups in total. The highest BCUT2D eigenvalue weighted by Gasteiger charge is 2.26. The molecule has 0 bridgehead atoms. The predicted molar refractivity (Wildman–Crippen MR) is 121 cm³/mol. The lowest BCUT2D eigenvalue weighted by Crippen LogP contribution is -2.40. The second-order valence-electron chi connectivity index (χ2n) is 7.33. The van der Waals surface area contributed by atoms with Gasteiger partial charge in [0.25, 0.3) is 5.91 Å². The number of anilines is 1. The van der Waals surface area contributed by atoms with E-state index in [-0.39, 0.29) is 37.2 Å². The quantitative estimate of drug-likeness (QED) is 0.386. The van der Waals surface area contributed by atoms with Gasteiger partial charge in [0.15, 0.2) is 30.5 Å². The summed E-state index contributed by atoms with van der Waals surface area (Å²) in [5, 5.41) is 2.75. The Hall–Kier alpha value is -3.59. The Labute approximate surface area is 192 Å². The first-order valence-electron chi connectivity index (χ1n) is 10.7. The molecule has 0 spiro atoms. The van der Waals surface area contributed by atoms with E-state index in [0.717, 1.165) is 0 Å². The van der Waals surface area contributed by atoms with Crippen molar-refractivity contribution in [3.05, 3.63) is 48.0 Å². The summed E-state index contributed by atoms with van der Waals surface area (Å²) in [7, 11) is 3.10. The van der Waals surface area contributed by atoms with E-state index >= 15 is 0 Å². The maximum atomic E-state index is 12.7. The van der Waals surface area contributed by atoms with Crippen LogP contribution in [0.15, 0.2) is 42.5 Å². The van der Waals surface area contributed by atoms with Crippen molar-refractivity contribution in [2.24, 2.45) is 0 Å². The van der Waals surface area contributed by atoms with Gasteiger partial charge in [-0.25, -0.2) is 0 Å². The number of ether oxygens (including phenoxy) is 4. The van der Waals surface area contributed by atoms with Gasteiger partial charge >= 0.3 is 0 Å². The van der Waals surface area contributed by atoms with Crippen LogP contribution < -0.4 is 24.4 Å². The summed E-state index contributed by atoms with van der Waals surface area (Å²) in [6.07, 6.45) is 0.744. The average molecular weight is 456 g/mol. The van der Waals surface area contributed by atoms with Crippen LogP contribution in [0.25, 0.3) is 0 Å². The second-order valence-corrected chi connectivity index (χ2v) is 7.33. The Bertz CT molecular complexity index is 993. The van der Waals surface area contributed by atoms with E-state index in [1.807, 2.05) is 6.07 Å². The molecule has 1 aliphatic heterocycles. The summed E-state index contributed by atoms with van der Waals surface area (Å²) in [6, 6.07) is 12.0. The lowest BCUT2D eigenvalue weighted by atomic mass is 10.1. The number of Topliss-reactive ketones (excluding diaryl/α,β-unsaturated/α-hetero) is 1. The van der Waals surface area contributed by atoms with Gasteiger partial charge in [0.05, 0.1) is 19.4 Å². The first-order valence-corrected chi connectivity index (χ1v) is 10.7. The molecule has 3 rings (SSSR count). The number of methoxy groups -OCH3 is 2. The molecule has 2 aromatic rings. The predicted octanol–water partition coefficient (Wildman–Crippen LogP) is 2.23. The first-order chi connectivity index (χ1) is 16.0. The zero-order valence-corrected chi connectivity index (χ0v) is 18.8. The average Bonchev–Trinajstić information content (AvgIpc) is 2.83. The van der Waals surface area contributed by atoms with Crippen molar-refractivity contribution in [1.82, 2.24) is 5.32 Å². The number of carbonyl (C=O) groups is 3. The second kappa shape index (κ2) is 11.9. The maximum Gasteiger partial charge on any atom is 0.265 e. The van der Waals surface area contributed by atoms with E-state index in [1.165, 1.54) is 7.11 Å². The van der Waals surface area contributed by atoms with Gasteiger partial charge in [-0.15, -0.1) is 0 Å². The summed E-state index contributed by atoms with van der Waals surface area (Å²) in [6.45, 7) is 0.949. The van der Waals surface area contributed by atoms with Crippen LogP contribution in [0.3, 0.4) is 0 Å². The minimum Gasteiger partial charge on any atom is -0.493 e. The van der Waals surface area contributed by atoms with E-state index < -0.39 is 0 Å². The van der Waals surface area contributed by atoms with Gasteiger partial charge in [-0.1, -0.05) is 12.1 Å². The summed E-state index contributed by atoms with van der Waals surface area (Å²) < 4.78 is 21.3. The minimum atomic E-state index is -0.251. The lowest BCUT2D eigenvalue weighted by Gasteiger charge is -2.29. The van der Waals surface area contributed by atoms with E-state index in [2.05, 4.69) is 5.32 Å². The molecule has 2 aromatic carbocycles. The number of hydrogen-bond acceptors (Lipinski definition) is 7. The molecule has 0 aliphatic carbocycles. The van der Waals surface area contributed by atoms with Crippen LogP contribution in [0.4, 0.5) is 5.69 Å². The van der Waals surface area contributed by atoms with Crippen LogP contribution in [0.1, 0.15) is 23.2 Å². The molecule has 1 heterocycles. The van der Waals surface area contributed by atoms with Crippen molar-refractivity contribution in [1.29, 1.82) is 0 Å². The van der Waals surface area contributed by atoms with Gasteiger partial charge in [-0.05, 0) is 36.8 Å². The molecule has 0 aromatic heterocycles. The standard InChI is InChI=1S/C24H28N2O7/c1-30-13-11-25-23(28)8-5-12-26-18-14-17(9-10-20(18)33-16-24(26)29)19(27)15-32-22-7-4-3-6-21(22)31-2/h3-4,6-7,9-10,14H,5,8,11-13,15-16H2,1-2H3,(H,25,28). The fourth-order valence-corrected chi connectivity index (χ4v) is 3.36. The molecule has 0 fully saturated rings. The number of hydrogen-bond donors (Lipinski definition) is 1. The summed E-state index contributed by atoms with van der Waals surface area (Å²) in [5.41, 5.74) is 0.901. The summed E-state index contributed by atoms with van der Waals surface area (Å²) >= 11 is 0. The number of ketones is 1. The highest BCUT2D eigenvalue weighted by Crippen LogP contribution is 2.33. The van der Waals surface area contributed by atoms with E-state index in [0.29, 0.717) is 54.6 Å². The third kappa shape index (κ3) is 6.45. The molecule has 9 heteroatoms. The van der Waals surface area contributed by atoms with Crippen molar-refractivity contribution in [2.75, 3.05) is 52.0 Å². The number of nitrogens with one attached hydrogen (secondary N) is 1. The Morgan fingerprint density at radius 1 is 1.12 bits per heavy atom. The van der Waals surface area contributed by atoms with Crippen LogP contribution in [0.2, 0.25) is 0 Å². The molecule has 33 heavy (non-hydrogen) atoms. The molecule has 0 saturated carbocycles. The number of para-hydroxylation sites is 2. The van der Waals surface area contributed by atoms with Gasteiger partial charge < -0.3 is 29.2 Å². The molecule has 2 amide bonds. The third-order valence-electron chi connectivity index (χ3n) is 5.07. The summed E-state index contributed by atoms with van der Waals surface area (Å²) in [4.78, 5) is 38.7. The molecule has 0 saturated heterocycles. The number of benzene rings is 2. The van der Waals surface area contributed by atoms with E-state index in [9.17, 15) is 14.4 Å². The monoisotopic (exact) mass is 456 g/mol. The normalized spacial score (nSPS) is 12.5. The van der Waals surface area contributed by atoms with Crippen LogP contribution in [0.5, 0.6) is 17.2 Å². The number of amides is 2. The molecular weight excluding hydrogens is 428 g/mol. The highest BCUT2D eigenvalue weighted by atomic mass is 16.5. The number of carbonyl (C=O) groups excluding carboxylic acids is 3. The van der Waals surface area contributed by atoms with Crippen molar-refractivity contribution in [2.45, 2.75) is 12.8 Å². The van der Waals surface area contributed by atoms with E-state index in [1.54, 1.807) is 48.4 Å². The highest BCUT2D eigenvalue weighted by molar-refractivity contribution is 6.02. The first kappa shape index (κ1) is 24.1. The van der Waals surface area contributed by atoms with Crippen molar-refractivity contribution in [3.8, 4) is 17.2 Å². The molecule has 1 aliphatic rings. The Morgan fingerprint density at radius 2 is 1.91 bits per heavy atom. The molecule has 0 atom stereocenters. The topological polar surface area (TPSA) is 103 Å². The van der Waals surface area contributed by atoms with Crippen LogP contribution in [-0.4, -0.2) is 64.7 Å². The zero-order chi connectivity index (χ0) is 23.6. The van der Waals surface area contributed by atoms with Crippen molar-refractivity contribution in [3.63, 3.8) is 0 Å². The van der Waals surface area contributed by atoms with Gasteiger partial charge in [0.2, 0.25) is 5.91 Å². The van der Waals surface area contributed by atoms with Crippen LogP contribution in [-0.2, 0) is 14.3 Å². The Morgan fingerprint density at radius 3 is 2.67 bits per heavy atom. The van der Waals surface area contributed by atoms with Crippen molar-refractivity contribution < 1.29 is 33.3 Å². The fourth-order valence-electron chi connectivity index (χ4n) is 3.36. The smallest absolute Gasteiger partial charge is 0.265 e. The fraction of sp³-hybridized carbons (Fsp3) is 0.375. The molecule has 176 valence electrons. The lowest BCUT2D eigenvalue weighted by molar-refractivity contribution is -0.123. The molecule has 0 radical (unpaired) electrons. The number of nitrogens with zero attached hydrogens (tertiary/aromatic N) is 1. The van der Waals surface area contributed by atoms with Gasteiger partial charge in [0, 0.05) is 32.2 Å². The number of rotatable bonds is 12. The summed E-state index contributed by atoms with van der Waals surface area (Å²) in [5.74, 6) is 0.936. The minimum absolute atomic E-state index is 0.0861. The Balaban J connectivity index is 1.63.